The molecule has 5 rings (SSSR count). The van der Waals surface area contributed by atoms with Crippen LogP contribution in [0.5, 0.6) is 0 Å². The van der Waals surface area contributed by atoms with Gasteiger partial charge in [-0.25, -0.2) is 0 Å². The van der Waals surface area contributed by atoms with Crippen molar-refractivity contribution in [1.82, 2.24) is 0 Å². The summed E-state index contributed by atoms with van der Waals surface area (Å²) in [7, 11) is 0. The predicted octanol–water partition coefficient (Wildman–Crippen LogP) is 7.16. The number of carbonyl (C=O) groups excluding carboxylic acids is 1. The Morgan fingerprint density at radius 2 is 1.86 bits per heavy atom. The number of rotatable bonds is 3. The quantitative estimate of drug-likeness (QED) is 0.455. The summed E-state index contributed by atoms with van der Waals surface area (Å²) in [5.74, 6) is -6.31. The molecular formula is C28H29F5O2. The van der Waals surface area contributed by atoms with Crippen LogP contribution >= 0.6 is 0 Å². The third-order valence-corrected chi connectivity index (χ3v) is 9.31. The van der Waals surface area contributed by atoms with Gasteiger partial charge in [-0.2, -0.15) is 22.0 Å². The number of allylic oxidation sites excluding steroid dienone is 4. The van der Waals surface area contributed by atoms with Crippen molar-refractivity contribution < 1.29 is 31.9 Å². The Morgan fingerprint density at radius 1 is 1.11 bits per heavy atom. The van der Waals surface area contributed by atoms with Gasteiger partial charge in [-0.05, 0) is 78.7 Å². The van der Waals surface area contributed by atoms with Crippen molar-refractivity contribution in [2.75, 3.05) is 0 Å². The van der Waals surface area contributed by atoms with E-state index < -0.39 is 41.4 Å². The van der Waals surface area contributed by atoms with Crippen LogP contribution in [-0.2, 0) is 4.79 Å². The van der Waals surface area contributed by atoms with Gasteiger partial charge in [0.2, 0.25) is 0 Å². The molecule has 0 unspecified atom stereocenters. The summed E-state index contributed by atoms with van der Waals surface area (Å²) in [4.78, 5) is 12.1. The standard InChI is InChI=1S/C28H29F5O2/c1-3-16-5-4-6-17(13-16)22-15-25(2)23(11-12-26(25,35)27(29,30)28(31,32)33)21-9-7-18-14-19(34)8-10-20(18)24(21)22/h3-6,13-14,21-23,35H,1,7-12,15H2,2H3/t21-,22+,23-,25-,26-/m0/s1. The van der Waals surface area contributed by atoms with Gasteiger partial charge >= 0.3 is 12.1 Å². The molecule has 1 N–H and O–H groups in total. The molecule has 0 radical (unpaired) electrons. The van der Waals surface area contributed by atoms with Crippen LogP contribution < -0.4 is 0 Å². The van der Waals surface area contributed by atoms with E-state index in [1.54, 1.807) is 12.2 Å². The molecule has 0 aliphatic heterocycles. The van der Waals surface area contributed by atoms with Gasteiger partial charge in [-0.15, -0.1) is 0 Å². The SMILES string of the molecule is C=Cc1cccc([C@H]2C[C@@]3(C)[C@@H](CC[C@@]3(O)C(F)(F)C(F)(F)F)[C@@H]3CCC4=CC(=O)CCC4=C32)c1. The normalized spacial score (nSPS) is 35.2. The van der Waals surface area contributed by atoms with Gasteiger partial charge in [-0.3, -0.25) is 4.79 Å². The van der Waals surface area contributed by atoms with Gasteiger partial charge in [0, 0.05) is 17.8 Å². The summed E-state index contributed by atoms with van der Waals surface area (Å²) >= 11 is 0. The Kier molecular flexibility index (Phi) is 5.48. The second-order valence-corrected chi connectivity index (χ2v) is 10.8. The van der Waals surface area contributed by atoms with Crippen molar-refractivity contribution >= 4 is 11.9 Å². The first-order valence-electron chi connectivity index (χ1n) is 12.2. The zero-order valence-electron chi connectivity index (χ0n) is 19.6. The van der Waals surface area contributed by atoms with Crippen molar-refractivity contribution in [3.63, 3.8) is 0 Å². The second-order valence-electron chi connectivity index (χ2n) is 10.8. The number of halogens is 5. The van der Waals surface area contributed by atoms with Crippen molar-refractivity contribution in [3.8, 4) is 0 Å². The fraction of sp³-hybridized carbons (Fsp3) is 0.536. The van der Waals surface area contributed by atoms with E-state index >= 15 is 0 Å². The topological polar surface area (TPSA) is 37.3 Å². The highest BCUT2D eigenvalue weighted by atomic mass is 19.4. The fourth-order valence-electron chi connectivity index (χ4n) is 7.62. The fourth-order valence-corrected chi connectivity index (χ4v) is 7.62. The molecule has 0 spiro atoms. The molecule has 0 heterocycles. The number of alkyl halides is 5. The Morgan fingerprint density at radius 3 is 2.54 bits per heavy atom. The van der Waals surface area contributed by atoms with E-state index in [1.165, 1.54) is 6.92 Å². The number of benzene rings is 1. The maximum Gasteiger partial charge on any atom is 0.456 e. The molecule has 2 nitrogen and oxygen atoms in total. The summed E-state index contributed by atoms with van der Waals surface area (Å²) in [6.45, 7) is 5.24. The van der Waals surface area contributed by atoms with E-state index in [0.29, 0.717) is 25.7 Å². The van der Waals surface area contributed by atoms with E-state index in [0.717, 1.165) is 27.8 Å². The molecule has 1 aromatic rings. The summed E-state index contributed by atoms with van der Waals surface area (Å²) in [6.07, 6.45) is -0.916. The van der Waals surface area contributed by atoms with Crippen molar-refractivity contribution in [3.05, 3.63) is 64.8 Å². The zero-order chi connectivity index (χ0) is 25.4. The van der Waals surface area contributed by atoms with E-state index in [-0.39, 0.29) is 24.5 Å². The smallest absolute Gasteiger partial charge is 0.383 e. The largest absolute Gasteiger partial charge is 0.456 e. The number of hydrogen-bond donors (Lipinski definition) is 1. The van der Waals surface area contributed by atoms with E-state index in [2.05, 4.69) is 6.58 Å². The molecule has 7 heteroatoms. The summed E-state index contributed by atoms with van der Waals surface area (Å²) in [6, 6.07) is 7.45. The highest BCUT2D eigenvalue weighted by Gasteiger charge is 2.79. The van der Waals surface area contributed by atoms with Gasteiger partial charge in [0.05, 0.1) is 0 Å². The molecule has 2 saturated carbocycles. The Labute approximate surface area is 201 Å². The Hall–Kier alpha value is -2.28. The van der Waals surface area contributed by atoms with E-state index in [9.17, 15) is 31.9 Å². The molecule has 0 bridgehead atoms. The lowest BCUT2D eigenvalue weighted by Crippen LogP contribution is -2.65. The van der Waals surface area contributed by atoms with Crippen LogP contribution in [0.15, 0.2) is 53.6 Å². The average molecular weight is 493 g/mol. The third kappa shape index (κ3) is 3.33. The van der Waals surface area contributed by atoms with Crippen molar-refractivity contribution in [2.24, 2.45) is 17.3 Å². The summed E-state index contributed by atoms with van der Waals surface area (Å²) < 4.78 is 70.7. The first kappa shape index (κ1) is 24.4. The molecule has 5 atom stereocenters. The first-order chi connectivity index (χ1) is 16.3. The van der Waals surface area contributed by atoms with Crippen LogP contribution in [0, 0.1) is 17.3 Å². The maximum atomic E-state index is 15.0. The molecule has 4 aliphatic rings. The van der Waals surface area contributed by atoms with Crippen LogP contribution in [0.25, 0.3) is 6.08 Å². The number of hydrogen-bond acceptors (Lipinski definition) is 2. The summed E-state index contributed by atoms with van der Waals surface area (Å²) in [5, 5.41) is 11.3. The molecule has 35 heavy (non-hydrogen) atoms. The van der Waals surface area contributed by atoms with Crippen LogP contribution in [0.4, 0.5) is 22.0 Å². The highest BCUT2D eigenvalue weighted by molar-refractivity contribution is 5.93. The highest BCUT2D eigenvalue weighted by Crippen LogP contribution is 2.70. The molecule has 0 saturated heterocycles. The van der Waals surface area contributed by atoms with E-state index in [4.69, 9.17) is 0 Å². The van der Waals surface area contributed by atoms with Crippen molar-refractivity contribution in [2.45, 2.75) is 75.5 Å². The number of fused-ring (bicyclic) bond motifs is 4. The first-order valence-corrected chi connectivity index (χ1v) is 12.2. The van der Waals surface area contributed by atoms with Crippen molar-refractivity contribution in [1.29, 1.82) is 0 Å². The van der Waals surface area contributed by atoms with Gasteiger partial charge in [-0.1, -0.05) is 49.4 Å². The molecule has 0 amide bonds. The number of carbonyl (C=O) groups is 1. The van der Waals surface area contributed by atoms with Gasteiger partial charge in [0.1, 0.15) is 5.60 Å². The molecule has 188 valence electrons. The third-order valence-electron chi connectivity index (χ3n) is 9.31. The molecule has 4 aliphatic carbocycles. The molecular weight excluding hydrogens is 463 g/mol. The monoisotopic (exact) mass is 492 g/mol. The molecule has 2 fully saturated rings. The number of ketones is 1. The minimum atomic E-state index is -5.84. The van der Waals surface area contributed by atoms with Crippen LogP contribution in [-0.4, -0.2) is 28.6 Å². The second kappa shape index (κ2) is 7.86. The average Bonchev–Trinajstić information content (AvgIpc) is 3.09. The van der Waals surface area contributed by atoms with Crippen LogP contribution in [0.2, 0.25) is 0 Å². The minimum Gasteiger partial charge on any atom is -0.383 e. The lowest BCUT2D eigenvalue weighted by Gasteiger charge is -2.56. The van der Waals surface area contributed by atoms with Crippen LogP contribution in [0.3, 0.4) is 0 Å². The Bertz CT molecular complexity index is 1150. The van der Waals surface area contributed by atoms with E-state index in [1.807, 2.05) is 24.3 Å². The van der Waals surface area contributed by atoms with Crippen LogP contribution in [0.1, 0.15) is 68.9 Å². The zero-order valence-corrected chi connectivity index (χ0v) is 19.6. The lowest BCUT2D eigenvalue weighted by molar-refractivity contribution is -0.362. The van der Waals surface area contributed by atoms with Gasteiger partial charge in [0.25, 0.3) is 0 Å². The minimum absolute atomic E-state index is 0.0169. The lowest BCUT2D eigenvalue weighted by atomic mass is 9.50. The molecule has 0 aromatic heterocycles. The van der Waals surface area contributed by atoms with Gasteiger partial charge < -0.3 is 5.11 Å². The maximum absolute atomic E-state index is 15.0. The summed E-state index contributed by atoms with van der Waals surface area (Å²) in [5.41, 5.74) is -0.0853. The van der Waals surface area contributed by atoms with Gasteiger partial charge in [0.15, 0.2) is 5.78 Å². The predicted molar refractivity (Wildman–Crippen MR) is 123 cm³/mol. The number of aliphatic hydroxyl groups is 1. The Balaban J connectivity index is 1.71. The molecule has 1 aromatic carbocycles.